The van der Waals surface area contributed by atoms with Gasteiger partial charge in [0.05, 0.1) is 25.4 Å². The molecule has 1 saturated heterocycles. The van der Waals surface area contributed by atoms with Crippen LogP contribution in [0.2, 0.25) is 0 Å². The number of unbranched alkanes of at least 4 members (excludes halogenated alkanes) is 30. The quantitative estimate of drug-likeness (QED) is 0.0232. The fraction of sp³-hybridized carbons (Fsp3) is 0.870. The molecule has 0 bridgehead atoms. The summed E-state index contributed by atoms with van der Waals surface area (Å²) in [7, 11) is 0. The van der Waals surface area contributed by atoms with E-state index in [0.29, 0.717) is 19.3 Å². The molecule has 1 aliphatic heterocycles. The van der Waals surface area contributed by atoms with Gasteiger partial charge in [0.25, 0.3) is 0 Å². The predicted molar refractivity (Wildman–Crippen MR) is 264 cm³/mol. The summed E-state index contributed by atoms with van der Waals surface area (Å²) in [5.41, 5.74) is 0. The maximum absolute atomic E-state index is 13.1. The fourth-order valence-electron chi connectivity index (χ4n) is 8.41. The van der Waals surface area contributed by atoms with Gasteiger partial charge in [-0.2, -0.15) is 0 Å². The van der Waals surface area contributed by atoms with Gasteiger partial charge in [0.15, 0.2) is 6.29 Å². The minimum Gasteiger partial charge on any atom is -0.394 e. The van der Waals surface area contributed by atoms with Crippen molar-refractivity contribution in [1.29, 1.82) is 0 Å². The number of rotatable bonds is 45. The SMILES string of the molecule is CCCCCCCC/C=C/CC/C=C/C(O)C(COC1OC(CO)C(O)C(O)C1O)NC(=O)C(O)CCCCCCCCCCCCC/C=C\CCCCCCCCCCCCCC. The number of carbonyl (C=O) groups excluding carboxylic acids is 1. The van der Waals surface area contributed by atoms with Gasteiger partial charge in [-0.3, -0.25) is 4.79 Å². The first kappa shape index (κ1) is 60.4. The zero-order valence-electron chi connectivity index (χ0n) is 41.2. The van der Waals surface area contributed by atoms with E-state index in [-0.39, 0.29) is 6.61 Å². The molecule has 10 heteroatoms. The van der Waals surface area contributed by atoms with Crippen LogP contribution in [-0.4, -0.2) is 98.7 Å². The van der Waals surface area contributed by atoms with Gasteiger partial charge in [-0.05, 0) is 57.8 Å². The molecule has 64 heavy (non-hydrogen) atoms. The lowest BCUT2D eigenvalue weighted by Gasteiger charge is -2.40. The summed E-state index contributed by atoms with van der Waals surface area (Å²) in [6.45, 7) is 3.59. The summed E-state index contributed by atoms with van der Waals surface area (Å²) in [5.74, 6) is -0.627. The molecule has 0 aromatic rings. The molecule has 1 heterocycles. The molecule has 8 atom stereocenters. The van der Waals surface area contributed by atoms with Crippen LogP contribution in [0.25, 0.3) is 0 Å². The Hall–Kier alpha value is -1.63. The second-order valence-electron chi connectivity index (χ2n) is 18.8. The molecule has 1 aliphatic rings. The van der Waals surface area contributed by atoms with E-state index >= 15 is 0 Å². The van der Waals surface area contributed by atoms with Gasteiger partial charge in [0.1, 0.15) is 30.5 Å². The molecule has 0 aromatic carbocycles. The van der Waals surface area contributed by atoms with Crippen LogP contribution in [0.5, 0.6) is 0 Å². The van der Waals surface area contributed by atoms with Crippen molar-refractivity contribution in [2.75, 3.05) is 13.2 Å². The molecule has 8 unspecified atom stereocenters. The molecule has 0 saturated carbocycles. The number of nitrogens with one attached hydrogen (secondary N) is 1. The Morgan fingerprint density at radius 3 is 1.36 bits per heavy atom. The van der Waals surface area contributed by atoms with Crippen LogP contribution in [0.4, 0.5) is 0 Å². The summed E-state index contributed by atoms with van der Waals surface area (Å²) >= 11 is 0. The van der Waals surface area contributed by atoms with Crippen molar-refractivity contribution in [2.24, 2.45) is 0 Å². The smallest absolute Gasteiger partial charge is 0.249 e. The van der Waals surface area contributed by atoms with Gasteiger partial charge in [-0.1, -0.05) is 217 Å². The second kappa shape index (κ2) is 43.9. The molecule has 1 amide bonds. The average Bonchev–Trinajstić information content (AvgIpc) is 3.29. The minimum absolute atomic E-state index is 0.303. The molecule has 0 aromatic heterocycles. The van der Waals surface area contributed by atoms with Crippen LogP contribution in [0.15, 0.2) is 36.5 Å². The van der Waals surface area contributed by atoms with Crippen LogP contribution < -0.4 is 5.32 Å². The van der Waals surface area contributed by atoms with Gasteiger partial charge in [-0.15, -0.1) is 0 Å². The number of allylic oxidation sites excluding steroid dienone is 5. The highest BCUT2D eigenvalue weighted by Crippen LogP contribution is 2.23. The van der Waals surface area contributed by atoms with Crippen LogP contribution in [0.3, 0.4) is 0 Å². The van der Waals surface area contributed by atoms with Gasteiger partial charge in [0, 0.05) is 0 Å². The van der Waals surface area contributed by atoms with Crippen molar-refractivity contribution in [3.8, 4) is 0 Å². The van der Waals surface area contributed by atoms with E-state index in [9.17, 15) is 35.4 Å². The van der Waals surface area contributed by atoms with Crippen molar-refractivity contribution in [3.05, 3.63) is 36.5 Å². The molecule has 10 nitrogen and oxygen atoms in total. The van der Waals surface area contributed by atoms with E-state index in [1.165, 1.54) is 173 Å². The lowest BCUT2D eigenvalue weighted by Crippen LogP contribution is -2.60. The third kappa shape index (κ3) is 32.9. The van der Waals surface area contributed by atoms with Crippen LogP contribution in [0.1, 0.15) is 239 Å². The van der Waals surface area contributed by atoms with E-state index in [2.05, 4.69) is 43.5 Å². The normalized spacial score (nSPS) is 20.8. The van der Waals surface area contributed by atoms with E-state index in [0.717, 1.165) is 32.1 Å². The molecule has 1 fully saturated rings. The van der Waals surface area contributed by atoms with Crippen molar-refractivity contribution in [2.45, 2.75) is 288 Å². The summed E-state index contributed by atoms with van der Waals surface area (Å²) in [4.78, 5) is 13.1. The number of hydrogen-bond donors (Lipinski definition) is 7. The Bertz CT molecular complexity index is 1120. The highest BCUT2D eigenvalue weighted by atomic mass is 16.7. The molecule has 376 valence electrons. The fourth-order valence-corrected chi connectivity index (χ4v) is 8.41. The number of carbonyl (C=O) groups is 1. The zero-order chi connectivity index (χ0) is 46.7. The molecular formula is C54H101NO9. The summed E-state index contributed by atoms with van der Waals surface area (Å²) < 4.78 is 11.1. The summed E-state index contributed by atoms with van der Waals surface area (Å²) in [5, 5.41) is 64.7. The number of amides is 1. The van der Waals surface area contributed by atoms with Gasteiger partial charge in [-0.25, -0.2) is 0 Å². The molecule has 7 N–H and O–H groups in total. The van der Waals surface area contributed by atoms with Gasteiger partial charge < -0.3 is 45.4 Å². The number of aliphatic hydroxyl groups excluding tert-OH is 6. The Kier molecular flexibility index (Phi) is 41.4. The van der Waals surface area contributed by atoms with Gasteiger partial charge in [0.2, 0.25) is 5.91 Å². The topological polar surface area (TPSA) is 169 Å². The highest BCUT2D eigenvalue weighted by Gasteiger charge is 2.44. The van der Waals surface area contributed by atoms with Crippen LogP contribution >= 0.6 is 0 Å². The summed E-state index contributed by atoms with van der Waals surface area (Å²) in [6.07, 6.45) is 45.4. The standard InChI is InChI=1S/C54H101NO9/c1-3-5-7-9-11-13-15-17-18-19-20-21-22-23-24-25-26-27-28-29-30-31-33-35-37-39-41-43-48(58)53(62)55-46(45-63-54-52(61)51(60)50(59)49(44-56)64-54)47(57)42-40-38-36-34-32-16-14-12-10-8-6-4-2/h23-24,32,34,40,42,46-52,54,56-61H,3-22,25-31,33,35-39,41,43-45H2,1-2H3,(H,55,62)/b24-23-,34-32+,42-40+. The monoisotopic (exact) mass is 908 g/mol. The van der Waals surface area contributed by atoms with E-state index < -0.39 is 61.5 Å². The van der Waals surface area contributed by atoms with Gasteiger partial charge >= 0.3 is 0 Å². The van der Waals surface area contributed by atoms with Crippen molar-refractivity contribution in [1.82, 2.24) is 5.32 Å². The largest absolute Gasteiger partial charge is 0.394 e. The highest BCUT2D eigenvalue weighted by molar-refractivity contribution is 5.80. The number of aliphatic hydroxyl groups is 6. The third-order valence-electron chi connectivity index (χ3n) is 12.8. The Labute approximate surface area is 392 Å². The minimum atomic E-state index is -1.61. The Morgan fingerprint density at radius 2 is 0.922 bits per heavy atom. The predicted octanol–water partition coefficient (Wildman–Crippen LogP) is 11.4. The first-order valence-electron chi connectivity index (χ1n) is 26.8. The molecular weight excluding hydrogens is 807 g/mol. The number of hydrogen-bond acceptors (Lipinski definition) is 9. The van der Waals surface area contributed by atoms with Crippen LogP contribution in [-0.2, 0) is 14.3 Å². The van der Waals surface area contributed by atoms with Crippen molar-refractivity contribution >= 4 is 5.91 Å². The molecule has 0 radical (unpaired) electrons. The zero-order valence-corrected chi connectivity index (χ0v) is 41.2. The second-order valence-corrected chi connectivity index (χ2v) is 18.8. The first-order valence-corrected chi connectivity index (χ1v) is 26.8. The third-order valence-corrected chi connectivity index (χ3v) is 12.8. The molecule has 0 aliphatic carbocycles. The number of ether oxygens (including phenoxy) is 2. The average molecular weight is 908 g/mol. The van der Waals surface area contributed by atoms with Crippen LogP contribution in [0, 0.1) is 0 Å². The molecule has 1 rings (SSSR count). The Morgan fingerprint density at radius 1 is 0.531 bits per heavy atom. The van der Waals surface area contributed by atoms with E-state index in [1.54, 1.807) is 6.08 Å². The first-order chi connectivity index (χ1) is 31.3. The maximum atomic E-state index is 13.1. The molecule has 0 spiro atoms. The lowest BCUT2D eigenvalue weighted by atomic mass is 9.99. The van der Waals surface area contributed by atoms with E-state index in [1.807, 2.05) is 6.08 Å². The Balaban J connectivity index is 2.24. The van der Waals surface area contributed by atoms with Crippen molar-refractivity contribution in [3.63, 3.8) is 0 Å². The summed E-state index contributed by atoms with van der Waals surface area (Å²) in [6, 6.07) is -0.996. The van der Waals surface area contributed by atoms with Crippen molar-refractivity contribution < 1.29 is 44.9 Å². The van der Waals surface area contributed by atoms with E-state index in [4.69, 9.17) is 9.47 Å². The lowest BCUT2D eigenvalue weighted by molar-refractivity contribution is -0.302. The maximum Gasteiger partial charge on any atom is 0.249 e.